The van der Waals surface area contributed by atoms with Crippen molar-refractivity contribution in [1.82, 2.24) is 15.5 Å². The molecule has 1 heterocycles. The standard InChI is InChI=1S/C17H31N5/c1-14(20-12-15-6-4-3-5-7-15)21-17(8-10-18)22-11-9-16(13-22)19-2/h8,10,15-16,19-20H,1,3-7,9,11-13,18H2,2H3/b10-8-,21-17?/t16-/m1/s1. The molecule has 1 saturated carbocycles. The third kappa shape index (κ3) is 5.05. The quantitative estimate of drug-likeness (QED) is 0.517. The summed E-state index contributed by atoms with van der Waals surface area (Å²) in [5, 5.41) is 6.71. The van der Waals surface area contributed by atoms with Crippen molar-refractivity contribution in [3.05, 3.63) is 24.7 Å². The van der Waals surface area contributed by atoms with Gasteiger partial charge in [0.1, 0.15) is 11.7 Å². The zero-order valence-electron chi connectivity index (χ0n) is 13.9. The average molecular weight is 305 g/mol. The largest absolute Gasteiger partial charge is 0.404 e. The summed E-state index contributed by atoms with van der Waals surface area (Å²) in [6.07, 6.45) is 11.3. The van der Waals surface area contributed by atoms with Crippen molar-refractivity contribution < 1.29 is 0 Å². The lowest BCUT2D eigenvalue weighted by molar-refractivity contribution is 0.350. The highest BCUT2D eigenvalue weighted by Crippen LogP contribution is 2.23. The van der Waals surface area contributed by atoms with Crippen LogP contribution in [0.3, 0.4) is 0 Å². The van der Waals surface area contributed by atoms with E-state index in [1.54, 1.807) is 6.20 Å². The Morgan fingerprint density at radius 1 is 1.32 bits per heavy atom. The van der Waals surface area contributed by atoms with Crippen molar-refractivity contribution in [2.75, 3.05) is 26.7 Å². The zero-order chi connectivity index (χ0) is 15.8. The molecule has 0 aromatic heterocycles. The van der Waals surface area contributed by atoms with E-state index >= 15 is 0 Å². The highest BCUT2D eigenvalue weighted by Gasteiger charge is 2.22. The van der Waals surface area contributed by atoms with E-state index < -0.39 is 0 Å². The Labute approximate surface area is 134 Å². The summed E-state index contributed by atoms with van der Waals surface area (Å²) in [5.74, 6) is 2.42. The van der Waals surface area contributed by atoms with Crippen LogP contribution < -0.4 is 16.4 Å². The summed E-state index contributed by atoms with van der Waals surface area (Å²) in [5.41, 5.74) is 5.58. The number of aliphatic imine (C=N–C) groups is 1. The number of rotatable bonds is 6. The summed E-state index contributed by atoms with van der Waals surface area (Å²) >= 11 is 0. The molecular weight excluding hydrogens is 274 g/mol. The fourth-order valence-electron chi connectivity index (χ4n) is 3.33. The molecular formula is C17H31N5. The predicted octanol–water partition coefficient (Wildman–Crippen LogP) is 1.79. The molecule has 5 nitrogen and oxygen atoms in total. The Balaban J connectivity index is 1.86. The van der Waals surface area contributed by atoms with Gasteiger partial charge in [0.05, 0.1) is 0 Å². The molecule has 2 rings (SSSR count). The third-order valence-electron chi connectivity index (χ3n) is 4.73. The second-order valence-electron chi connectivity index (χ2n) is 6.38. The van der Waals surface area contributed by atoms with Crippen LogP contribution in [-0.2, 0) is 0 Å². The maximum Gasteiger partial charge on any atom is 0.132 e. The van der Waals surface area contributed by atoms with Crippen LogP contribution in [0.25, 0.3) is 0 Å². The highest BCUT2D eigenvalue weighted by molar-refractivity contribution is 5.93. The van der Waals surface area contributed by atoms with Gasteiger partial charge in [-0.2, -0.15) is 0 Å². The number of hydrogen-bond donors (Lipinski definition) is 3. The fourth-order valence-corrected chi connectivity index (χ4v) is 3.33. The maximum absolute atomic E-state index is 5.58. The van der Waals surface area contributed by atoms with Crippen molar-refractivity contribution in [3.63, 3.8) is 0 Å². The Morgan fingerprint density at radius 3 is 2.73 bits per heavy atom. The van der Waals surface area contributed by atoms with Crippen LogP contribution in [0.1, 0.15) is 38.5 Å². The van der Waals surface area contributed by atoms with Gasteiger partial charge in [0.2, 0.25) is 0 Å². The first kappa shape index (κ1) is 16.9. The van der Waals surface area contributed by atoms with Gasteiger partial charge < -0.3 is 21.3 Å². The van der Waals surface area contributed by atoms with E-state index in [1.165, 1.54) is 32.1 Å². The number of nitrogens with zero attached hydrogens (tertiary/aromatic N) is 2. The number of amidine groups is 1. The Morgan fingerprint density at radius 2 is 2.09 bits per heavy atom. The van der Waals surface area contributed by atoms with Gasteiger partial charge in [-0.1, -0.05) is 25.8 Å². The van der Waals surface area contributed by atoms with Crippen molar-refractivity contribution in [2.24, 2.45) is 16.6 Å². The van der Waals surface area contributed by atoms with Gasteiger partial charge in [0, 0.05) is 25.7 Å². The van der Waals surface area contributed by atoms with Crippen LogP contribution in [0.5, 0.6) is 0 Å². The summed E-state index contributed by atoms with van der Waals surface area (Å²) in [6, 6.07) is 0.528. The number of hydrogen-bond acceptors (Lipinski definition) is 4. The molecule has 22 heavy (non-hydrogen) atoms. The van der Waals surface area contributed by atoms with Crippen molar-refractivity contribution in [3.8, 4) is 0 Å². The van der Waals surface area contributed by atoms with Crippen molar-refractivity contribution in [1.29, 1.82) is 0 Å². The van der Waals surface area contributed by atoms with E-state index in [2.05, 4.69) is 27.1 Å². The molecule has 1 aliphatic carbocycles. The van der Waals surface area contributed by atoms with E-state index in [9.17, 15) is 0 Å². The lowest BCUT2D eigenvalue weighted by Crippen LogP contribution is -2.33. The average Bonchev–Trinajstić information content (AvgIpc) is 3.02. The Kier molecular flexibility index (Phi) is 6.77. The normalized spacial score (nSPS) is 24.1. The summed E-state index contributed by atoms with van der Waals surface area (Å²) in [6.45, 7) is 7.02. The van der Waals surface area contributed by atoms with E-state index in [0.29, 0.717) is 6.04 Å². The van der Waals surface area contributed by atoms with E-state index in [-0.39, 0.29) is 0 Å². The third-order valence-corrected chi connectivity index (χ3v) is 4.73. The molecule has 0 aromatic rings. The first-order valence-electron chi connectivity index (χ1n) is 8.55. The predicted molar refractivity (Wildman–Crippen MR) is 93.5 cm³/mol. The zero-order valence-corrected chi connectivity index (χ0v) is 13.9. The molecule has 1 aliphatic heterocycles. The van der Waals surface area contributed by atoms with Gasteiger partial charge in [0.25, 0.3) is 0 Å². The van der Waals surface area contributed by atoms with Gasteiger partial charge in [-0.15, -0.1) is 0 Å². The number of likely N-dealkylation sites (tertiary alicyclic amines) is 1. The second-order valence-corrected chi connectivity index (χ2v) is 6.38. The molecule has 5 heteroatoms. The molecule has 124 valence electrons. The van der Waals surface area contributed by atoms with Gasteiger partial charge >= 0.3 is 0 Å². The summed E-state index contributed by atoms with van der Waals surface area (Å²) in [7, 11) is 2.01. The van der Waals surface area contributed by atoms with Crippen LogP contribution in [0.15, 0.2) is 29.7 Å². The van der Waals surface area contributed by atoms with Crippen LogP contribution in [0.2, 0.25) is 0 Å². The summed E-state index contributed by atoms with van der Waals surface area (Å²) < 4.78 is 0. The minimum atomic E-state index is 0.528. The van der Waals surface area contributed by atoms with Crippen LogP contribution in [-0.4, -0.2) is 43.5 Å². The van der Waals surface area contributed by atoms with Crippen LogP contribution >= 0.6 is 0 Å². The molecule has 0 amide bonds. The molecule has 4 N–H and O–H groups in total. The number of likely N-dealkylation sites (N-methyl/N-ethyl adjacent to an activating group) is 1. The van der Waals surface area contributed by atoms with Gasteiger partial charge in [-0.05, 0) is 44.5 Å². The lowest BCUT2D eigenvalue weighted by Gasteiger charge is -2.23. The SMILES string of the molecule is C=C(N=C(/C=C\N)N1CC[C@@H](NC)C1)NCC1CCCCC1. The fraction of sp³-hybridized carbons (Fsp3) is 0.706. The minimum absolute atomic E-state index is 0.528. The second kappa shape index (κ2) is 8.83. The summed E-state index contributed by atoms with van der Waals surface area (Å²) in [4.78, 5) is 6.91. The van der Waals surface area contributed by atoms with Crippen molar-refractivity contribution >= 4 is 5.84 Å². The lowest BCUT2D eigenvalue weighted by atomic mass is 9.89. The topological polar surface area (TPSA) is 65.7 Å². The highest BCUT2D eigenvalue weighted by atomic mass is 15.2. The van der Waals surface area contributed by atoms with E-state index in [4.69, 9.17) is 5.73 Å². The maximum atomic E-state index is 5.58. The van der Waals surface area contributed by atoms with Gasteiger partial charge in [-0.25, -0.2) is 4.99 Å². The van der Waals surface area contributed by atoms with E-state index in [0.717, 1.165) is 43.6 Å². The molecule has 0 bridgehead atoms. The Hall–Kier alpha value is -1.49. The molecule has 0 radical (unpaired) electrons. The molecule has 2 aliphatic rings. The number of nitrogens with one attached hydrogen (secondary N) is 2. The van der Waals surface area contributed by atoms with Gasteiger partial charge in [0.15, 0.2) is 0 Å². The first-order chi connectivity index (χ1) is 10.7. The molecule has 1 saturated heterocycles. The molecule has 1 atom stereocenters. The number of nitrogens with two attached hydrogens (primary N) is 1. The minimum Gasteiger partial charge on any atom is -0.404 e. The molecule has 0 unspecified atom stereocenters. The van der Waals surface area contributed by atoms with E-state index in [1.807, 2.05) is 13.1 Å². The van der Waals surface area contributed by atoms with Crippen LogP contribution in [0, 0.1) is 5.92 Å². The van der Waals surface area contributed by atoms with Crippen LogP contribution in [0.4, 0.5) is 0 Å². The Bertz CT molecular complexity index is 409. The molecule has 0 spiro atoms. The first-order valence-corrected chi connectivity index (χ1v) is 8.55. The van der Waals surface area contributed by atoms with Gasteiger partial charge in [-0.3, -0.25) is 0 Å². The van der Waals surface area contributed by atoms with Crippen molar-refractivity contribution in [2.45, 2.75) is 44.6 Å². The molecule has 2 fully saturated rings. The monoisotopic (exact) mass is 305 g/mol. The smallest absolute Gasteiger partial charge is 0.132 e. The molecule has 0 aromatic carbocycles.